The number of fused-ring (bicyclic) bond motifs is 1. The molecule has 0 radical (unpaired) electrons. The summed E-state index contributed by atoms with van der Waals surface area (Å²) < 4.78 is 32.2. The Morgan fingerprint density at radius 2 is 1.90 bits per heavy atom. The highest BCUT2D eigenvalue weighted by molar-refractivity contribution is 7.89. The molecule has 1 atom stereocenters. The van der Waals surface area contributed by atoms with Crippen molar-refractivity contribution in [2.75, 3.05) is 19.7 Å². The van der Waals surface area contributed by atoms with Crippen LogP contribution >= 0.6 is 0 Å². The maximum Gasteiger partial charge on any atom is 0.243 e. The molecule has 0 spiro atoms. The lowest BCUT2D eigenvalue weighted by atomic mass is 10.1. The molecule has 0 N–H and O–H groups in total. The van der Waals surface area contributed by atoms with Gasteiger partial charge in [0.2, 0.25) is 10.0 Å². The summed E-state index contributed by atoms with van der Waals surface area (Å²) in [5, 5.41) is 1.98. The molecule has 1 heterocycles. The first-order chi connectivity index (χ1) is 9.57. The van der Waals surface area contributed by atoms with Gasteiger partial charge in [-0.25, -0.2) is 8.42 Å². The number of hydrogen-bond donors (Lipinski definition) is 0. The van der Waals surface area contributed by atoms with Crippen molar-refractivity contribution in [2.24, 2.45) is 0 Å². The number of ether oxygens (including phenoxy) is 1. The molecule has 3 rings (SSSR count). The van der Waals surface area contributed by atoms with Gasteiger partial charge in [-0.1, -0.05) is 30.3 Å². The molecule has 5 heteroatoms. The molecule has 1 saturated heterocycles. The van der Waals surface area contributed by atoms with Crippen molar-refractivity contribution in [3.05, 3.63) is 42.5 Å². The number of morpholine rings is 1. The van der Waals surface area contributed by atoms with Crippen LogP contribution in [-0.4, -0.2) is 38.5 Å². The molecule has 0 bridgehead atoms. The van der Waals surface area contributed by atoms with Crippen LogP contribution in [0.5, 0.6) is 0 Å². The van der Waals surface area contributed by atoms with Gasteiger partial charge in [0.15, 0.2) is 0 Å². The minimum atomic E-state index is -3.43. The average molecular weight is 291 g/mol. The second kappa shape index (κ2) is 5.16. The van der Waals surface area contributed by atoms with Crippen LogP contribution in [-0.2, 0) is 14.8 Å². The van der Waals surface area contributed by atoms with Gasteiger partial charge in [0.25, 0.3) is 0 Å². The van der Waals surface area contributed by atoms with E-state index in [1.54, 1.807) is 12.1 Å². The predicted molar refractivity (Wildman–Crippen MR) is 78.1 cm³/mol. The fourth-order valence-electron chi connectivity index (χ4n) is 2.48. The predicted octanol–water partition coefficient (Wildman–Crippen LogP) is 2.25. The van der Waals surface area contributed by atoms with E-state index in [0.717, 1.165) is 10.8 Å². The highest BCUT2D eigenvalue weighted by Crippen LogP contribution is 2.23. The minimum absolute atomic E-state index is 0.0565. The Morgan fingerprint density at radius 1 is 1.15 bits per heavy atom. The molecule has 1 aliphatic rings. The summed E-state index contributed by atoms with van der Waals surface area (Å²) in [5.41, 5.74) is 0. The molecule has 0 amide bonds. The summed E-state index contributed by atoms with van der Waals surface area (Å²) in [6.07, 6.45) is -0.0565. The number of nitrogens with zero attached hydrogens (tertiary/aromatic N) is 1. The monoisotopic (exact) mass is 291 g/mol. The highest BCUT2D eigenvalue weighted by atomic mass is 32.2. The highest BCUT2D eigenvalue weighted by Gasteiger charge is 2.29. The molecule has 20 heavy (non-hydrogen) atoms. The summed E-state index contributed by atoms with van der Waals surface area (Å²) in [5.74, 6) is 0. The maximum absolute atomic E-state index is 12.6. The van der Waals surface area contributed by atoms with E-state index in [1.807, 2.05) is 37.3 Å². The molecule has 0 saturated carbocycles. The first-order valence-corrected chi connectivity index (χ1v) is 8.12. The van der Waals surface area contributed by atoms with Gasteiger partial charge in [-0.15, -0.1) is 0 Å². The molecule has 0 aromatic heterocycles. The van der Waals surface area contributed by atoms with Crippen LogP contribution in [0.4, 0.5) is 0 Å². The van der Waals surface area contributed by atoms with Gasteiger partial charge >= 0.3 is 0 Å². The Morgan fingerprint density at radius 3 is 2.65 bits per heavy atom. The largest absolute Gasteiger partial charge is 0.376 e. The van der Waals surface area contributed by atoms with Crippen LogP contribution in [0.3, 0.4) is 0 Å². The van der Waals surface area contributed by atoms with Crippen molar-refractivity contribution >= 4 is 20.8 Å². The standard InChI is InChI=1S/C15H17NO3S/c1-12-11-16(8-9-19-12)20(17,18)15-7-6-13-4-2-3-5-14(13)10-15/h2-7,10,12H,8-9,11H2,1H3/t12-/m1/s1. The number of sulfonamides is 1. The Labute approximate surface area is 119 Å². The van der Waals surface area contributed by atoms with E-state index in [4.69, 9.17) is 4.74 Å². The van der Waals surface area contributed by atoms with Gasteiger partial charge in [0, 0.05) is 13.1 Å². The fraction of sp³-hybridized carbons (Fsp3) is 0.333. The molecule has 0 unspecified atom stereocenters. The van der Waals surface area contributed by atoms with Gasteiger partial charge in [0.05, 0.1) is 17.6 Å². The van der Waals surface area contributed by atoms with Crippen LogP contribution in [0.2, 0.25) is 0 Å². The molecule has 0 aliphatic carbocycles. The van der Waals surface area contributed by atoms with Crippen LogP contribution in [0.1, 0.15) is 6.92 Å². The Balaban J connectivity index is 2.00. The van der Waals surface area contributed by atoms with Gasteiger partial charge in [-0.05, 0) is 29.8 Å². The lowest BCUT2D eigenvalue weighted by Crippen LogP contribution is -2.44. The Hall–Kier alpha value is -1.43. The summed E-state index contributed by atoms with van der Waals surface area (Å²) in [6, 6.07) is 13.0. The summed E-state index contributed by atoms with van der Waals surface area (Å²) in [4.78, 5) is 0.352. The first kappa shape index (κ1) is 13.5. The summed E-state index contributed by atoms with van der Waals surface area (Å²) in [7, 11) is -3.43. The lowest BCUT2D eigenvalue weighted by molar-refractivity contribution is 0.0102. The van der Waals surface area contributed by atoms with E-state index in [0.29, 0.717) is 24.6 Å². The SMILES string of the molecule is C[C@@H]1CN(S(=O)(=O)c2ccc3ccccc3c2)CCO1. The zero-order chi connectivity index (χ0) is 14.2. The van der Waals surface area contributed by atoms with E-state index >= 15 is 0 Å². The average Bonchev–Trinajstić information content (AvgIpc) is 2.46. The smallest absolute Gasteiger partial charge is 0.243 e. The van der Waals surface area contributed by atoms with E-state index in [9.17, 15) is 8.42 Å². The minimum Gasteiger partial charge on any atom is -0.376 e. The molecular weight excluding hydrogens is 274 g/mol. The first-order valence-electron chi connectivity index (χ1n) is 6.68. The van der Waals surface area contributed by atoms with Crippen molar-refractivity contribution in [1.29, 1.82) is 0 Å². The topological polar surface area (TPSA) is 46.6 Å². The third kappa shape index (κ3) is 2.44. The summed E-state index contributed by atoms with van der Waals surface area (Å²) >= 11 is 0. The molecule has 2 aromatic carbocycles. The zero-order valence-corrected chi connectivity index (χ0v) is 12.1. The Kier molecular flexibility index (Phi) is 3.50. The van der Waals surface area contributed by atoms with Crippen molar-refractivity contribution in [3.63, 3.8) is 0 Å². The normalized spacial score (nSPS) is 21.1. The molecule has 1 fully saturated rings. The van der Waals surface area contributed by atoms with Gasteiger partial charge < -0.3 is 4.74 Å². The van der Waals surface area contributed by atoms with E-state index in [2.05, 4.69) is 0 Å². The number of benzene rings is 2. The van der Waals surface area contributed by atoms with Gasteiger partial charge in [-0.3, -0.25) is 0 Å². The lowest BCUT2D eigenvalue weighted by Gasteiger charge is -2.30. The van der Waals surface area contributed by atoms with Crippen molar-refractivity contribution in [1.82, 2.24) is 4.31 Å². The van der Waals surface area contributed by atoms with Crippen LogP contribution in [0.25, 0.3) is 10.8 Å². The zero-order valence-electron chi connectivity index (χ0n) is 11.3. The quantitative estimate of drug-likeness (QED) is 0.852. The molecule has 1 aliphatic heterocycles. The van der Waals surface area contributed by atoms with Crippen molar-refractivity contribution < 1.29 is 13.2 Å². The van der Waals surface area contributed by atoms with Crippen molar-refractivity contribution in [3.8, 4) is 0 Å². The van der Waals surface area contributed by atoms with Crippen LogP contribution < -0.4 is 0 Å². The number of hydrogen-bond acceptors (Lipinski definition) is 3. The molecule has 106 valence electrons. The molecule has 4 nitrogen and oxygen atoms in total. The second-order valence-electron chi connectivity index (χ2n) is 5.05. The summed E-state index contributed by atoms with van der Waals surface area (Å²) in [6.45, 7) is 3.17. The van der Waals surface area contributed by atoms with E-state index in [1.165, 1.54) is 4.31 Å². The van der Waals surface area contributed by atoms with Crippen LogP contribution in [0.15, 0.2) is 47.4 Å². The third-order valence-electron chi connectivity index (χ3n) is 3.56. The second-order valence-corrected chi connectivity index (χ2v) is 6.99. The van der Waals surface area contributed by atoms with Crippen molar-refractivity contribution in [2.45, 2.75) is 17.9 Å². The molecule has 2 aromatic rings. The van der Waals surface area contributed by atoms with E-state index in [-0.39, 0.29) is 6.10 Å². The molecular formula is C15H17NO3S. The van der Waals surface area contributed by atoms with Gasteiger partial charge in [0.1, 0.15) is 0 Å². The van der Waals surface area contributed by atoms with Gasteiger partial charge in [-0.2, -0.15) is 4.31 Å². The van der Waals surface area contributed by atoms with Crippen LogP contribution in [0, 0.1) is 0 Å². The van der Waals surface area contributed by atoms with E-state index < -0.39 is 10.0 Å². The number of rotatable bonds is 2. The third-order valence-corrected chi connectivity index (χ3v) is 5.42. The maximum atomic E-state index is 12.6. The fourth-order valence-corrected chi connectivity index (χ4v) is 4.02. The Bertz CT molecular complexity index is 727.